The van der Waals surface area contributed by atoms with Crippen LogP contribution in [0.5, 0.6) is 0 Å². The van der Waals surface area contributed by atoms with Crippen LogP contribution in [0.2, 0.25) is 5.02 Å². The summed E-state index contributed by atoms with van der Waals surface area (Å²) < 4.78 is 0. The Morgan fingerprint density at radius 3 is 2.57 bits per heavy atom. The van der Waals surface area contributed by atoms with Crippen LogP contribution in [0.15, 0.2) is 24.5 Å². The predicted octanol–water partition coefficient (Wildman–Crippen LogP) is 3.41. The van der Waals surface area contributed by atoms with Crippen LogP contribution in [-0.2, 0) is 0 Å². The van der Waals surface area contributed by atoms with Crippen molar-refractivity contribution in [2.75, 3.05) is 0 Å². The van der Waals surface area contributed by atoms with Crippen LogP contribution >= 0.6 is 11.6 Å². The zero-order valence-corrected chi connectivity index (χ0v) is 8.92. The van der Waals surface area contributed by atoms with Crippen LogP contribution in [0.25, 0.3) is 10.8 Å². The third-order valence-electron chi connectivity index (χ3n) is 2.30. The van der Waals surface area contributed by atoms with Gasteiger partial charge in [0, 0.05) is 15.8 Å². The van der Waals surface area contributed by atoms with Crippen molar-refractivity contribution in [3.8, 4) is 0 Å². The fourth-order valence-electron chi connectivity index (χ4n) is 1.66. The number of nitrogens with zero attached hydrogens (tertiary/aromatic N) is 2. The quantitative estimate of drug-likeness (QED) is 0.715. The van der Waals surface area contributed by atoms with Crippen LogP contribution in [0, 0.1) is 0 Å². The van der Waals surface area contributed by atoms with E-state index in [9.17, 15) is 0 Å². The molecule has 1 aromatic heterocycles. The van der Waals surface area contributed by atoms with E-state index in [-0.39, 0.29) is 0 Å². The van der Waals surface area contributed by atoms with Gasteiger partial charge in [-0.2, -0.15) is 10.2 Å². The summed E-state index contributed by atoms with van der Waals surface area (Å²) in [6.45, 7) is 4.25. The minimum Gasteiger partial charge on any atom is -0.158 e. The molecule has 0 bridgehead atoms. The molecule has 0 aliphatic carbocycles. The molecule has 0 atom stereocenters. The molecule has 0 saturated heterocycles. The number of benzene rings is 1. The third-order valence-corrected chi connectivity index (χ3v) is 2.62. The number of halogens is 1. The normalized spacial score (nSPS) is 11.1. The van der Waals surface area contributed by atoms with E-state index in [0.717, 1.165) is 21.4 Å². The maximum absolute atomic E-state index is 6.15. The molecule has 2 nitrogen and oxygen atoms in total. The van der Waals surface area contributed by atoms with Gasteiger partial charge in [0.2, 0.25) is 0 Å². The van der Waals surface area contributed by atoms with E-state index >= 15 is 0 Å². The summed E-state index contributed by atoms with van der Waals surface area (Å²) in [4.78, 5) is 0. The minimum absolute atomic E-state index is 0.399. The number of hydrogen-bond acceptors (Lipinski definition) is 2. The van der Waals surface area contributed by atoms with Gasteiger partial charge in [0.05, 0.1) is 12.4 Å². The van der Waals surface area contributed by atoms with Crippen LogP contribution in [0.3, 0.4) is 0 Å². The molecule has 1 heterocycles. The lowest BCUT2D eigenvalue weighted by Crippen LogP contribution is -1.92. The van der Waals surface area contributed by atoms with Gasteiger partial charge in [-0.3, -0.25) is 0 Å². The standard InChI is InChI=1S/C11H11ClN2/c1-7(2)11-9-6-14-13-5-8(9)3-4-10(11)12/h3-7H,1-2H3. The second-order valence-electron chi connectivity index (χ2n) is 3.61. The lowest BCUT2D eigenvalue weighted by atomic mass is 9.98. The SMILES string of the molecule is CC(C)c1c(Cl)ccc2cnncc12. The third kappa shape index (κ3) is 1.46. The molecule has 0 amide bonds. The fourth-order valence-corrected chi connectivity index (χ4v) is 2.04. The van der Waals surface area contributed by atoms with E-state index in [1.54, 1.807) is 12.4 Å². The van der Waals surface area contributed by atoms with Gasteiger partial charge >= 0.3 is 0 Å². The van der Waals surface area contributed by atoms with Crippen LogP contribution in [0.4, 0.5) is 0 Å². The summed E-state index contributed by atoms with van der Waals surface area (Å²) in [6, 6.07) is 3.89. The van der Waals surface area contributed by atoms with Crippen molar-refractivity contribution in [3.05, 3.63) is 35.1 Å². The molecule has 2 rings (SSSR count). The summed E-state index contributed by atoms with van der Waals surface area (Å²) >= 11 is 6.15. The lowest BCUT2D eigenvalue weighted by Gasteiger charge is -2.10. The summed E-state index contributed by atoms with van der Waals surface area (Å²) in [6.07, 6.45) is 3.54. The molecule has 0 aliphatic rings. The van der Waals surface area contributed by atoms with Gasteiger partial charge in [-0.1, -0.05) is 31.5 Å². The number of aromatic nitrogens is 2. The van der Waals surface area contributed by atoms with Gasteiger partial charge < -0.3 is 0 Å². The monoisotopic (exact) mass is 206 g/mol. The van der Waals surface area contributed by atoms with Crippen molar-refractivity contribution in [3.63, 3.8) is 0 Å². The Morgan fingerprint density at radius 1 is 1.14 bits per heavy atom. The van der Waals surface area contributed by atoms with Gasteiger partial charge in [0.15, 0.2) is 0 Å². The van der Waals surface area contributed by atoms with Gasteiger partial charge in [0.1, 0.15) is 0 Å². The van der Waals surface area contributed by atoms with E-state index in [4.69, 9.17) is 11.6 Å². The summed E-state index contributed by atoms with van der Waals surface area (Å²) in [5.74, 6) is 0.399. The molecular formula is C11H11ClN2. The Balaban J connectivity index is 2.83. The van der Waals surface area contributed by atoms with Crippen molar-refractivity contribution in [2.24, 2.45) is 0 Å². The average Bonchev–Trinajstić information content (AvgIpc) is 2.17. The van der Waals surface area contributed by atoms with Crippen LogP contribution in [-0.4, -0.2) is 10.2 Å². The first-order valence-corrected chi connectivity index (χ1v) is 4.96. The lowest BCUT2D eigenvalue weighted by molar-refractivity contribution is 0.874. The van der Waals surface area contributed by atoms with E-state index in [1.807, 2.05) is 12.1 Å². The smallest absolute Gasteiger partial charge is 0.0578 e. The number of hydrogen-bond donors (Lipinski definition) is 0. The molecule has 0 N–H and O–H groups in total. The van der Waals surface area contributed by atoms with Crippen molar-refractivity contribution >= 4 is 22.4 Å². The molecular weight excluding hydrogens is 196 g/mol. The maximum atomic E-state index is 6.15. The Hall–Kier alpha value is -1.15. The van der Waals surface area contributed by atoms with Crippen molar-refractivity contribution in [2.45, 2.75) is 19.8 Å². The highest BCUT2D eigenvalue weighted by Gasteiger charge is 2.09. The Morgan fingerprint density at radius 2 is 1.86 bits per heavy atom. The summed E-state index contributed by atoms with van der Waals surface area (Å²) in [5, 5.41) is 10.7. The molecule has 0 unspecified atom stereocenters. The molecule has 14 heavy (non-hydrogen) atoms. The van der Waals surface area contributed by atoms with Gasteiger partial charge in [-0.25, -0.2) is 0 Å². The average molecular weight is 207 g/mol. The van der Waals surface area contributed by atoms with Crippen molar-refractivity contribution in [1.29, 1.82) is 0 Å². The first-order chi connectivity index (χ1) is 6.70. The zero-order valence-electron chi connectivity index (χ0n) is 8.16. The maximum Gasteiger partial charge on any atom is 0.0578 e. The number of fused-ring (bicyclic) bond motifs is 1. The van der Waals surface area contributed by atoms with Gasteiger partial charge in [0.25, 0.3) is 0 Å². The van der Waals surface area contributed by atoms with Crippen LogP contribution < -0.4 is 0 Å². The first kappa shape index (κ1) is 9.41. The van der Waals surface area contributed by atoms with Gasteiger partial charge in [-0.05, 0) is 17.5 Å². The molecule has 0 spiro atoms. The van der Waals surface area contributed by atoms with Crippen molar-refractivity contribution in [1.82, 2.24) is 10.2 Å². The Bertz CT molecular complexity index is 466. The number of rotatable bonds is 1. The molecule has 3 heteroatoms. The Kier molecular flexibility index (Phi) is 2.38. The molecule has 0 aliphatic heterocycles. The molecule has 0 radical (unpaired) electrons. The summed E-state index contributed by atoms with van der Waals surface area (Å²) in [7, 11) is 0. The highest BCUT2D eigenvalue weighted by atomic mass is 35.5. The highest BCUT2D eigenvalue weighted by Crippen LogP contribution is 2.30. The fraction of sp³-hybridized carbons (Fsp3) is 0.273. The van der Waals surface area contributed by atoms with E-state index in [1.165, 1.54) is 0 Å². The van der Waals surface area contributed by atoms with Gasteiger partial charge in [-0.15, -0.1) is 0 Å². The second-order valence-corrected chi connectivity index (χ2v) is 4.02. The minimum atomic E-state index is 0.399. The van der Waals surface area contributed by atoms with Crippen LogP contribution in [0.1, 0.15) is 25.3 Å². The first-order valence-electron chi connectivity index (χ1n) is 4.59. The predicted molar refractivity (Wildman–Crippen MR) is 58.6 cm³/mol. The zero-order chi connectivity index (χ0) is 10.1. The molecule has 72 valence electrons. The second kappa shape index (κ2) is 3.54. The van der Waals surface area contributed by atoms with Crippen molar-refractivity contribution < 1.29 is 0 Å². The molecule has 1 aromatic carbocycles. The molecule has 2 aromatic rings. The topological polar surface area (TPSA) is 25.8 Å². The van der Waals surface area contributed by atoms with E-state index < -0.39 is 0 Å². The van der Waals surface area contributed by atoms with E-state index in [0.29, 0.717) is 5.92 Å². The highest BCUT2D eigenvalue weighted by molar-refractivity contribution is 6.32. The van der Waals surface area contributed by atoms with E-state index in [2.05, 4.69) is 24.0 Å². The summed E-state index contributed by atoms with van der Waals surface area (Å²) in [5.41, 5.74) is 1.15. The largest absolute Gasteiger partial charge is 0.158 e. The molecule has 0 saturated carbocycles. The molecule has 0 fully saturated rings. The Labute approximate surface area is 87.9 Å².